The molecule has 12 heavy (non-hydrogen) atoms. The third kappa shape index (κ3) is 2.77. The van der Waals surface area contributed by atoms with Crippen molar-refractivity contribution in [3.05, 3.63) is 0 Å². The van der Waals surface area contributed by atoms with E-state index in [2.05, 4.69) is 17.3 Å². The summed E-state index contributed by atoms with van der Waals surface area (Å²) in [5.41, 5.74) is 0. The molecule has 0 spiro atoms. The summed E-state index contributed by atoms with van der Waals surface area (Å²) in [6.07, 6.45) is 4.17. The molecule has 4 heteroatoms. The van der Waals surface area contributed by atoms with Crippen molar-refractivity contribution in [2.45, 2.75) is 31.3 Å². The molecule has 0 aliphatic carbocycles. The average molecular weight is 213 g/mol. The van der Waals surface area contributed by atoms with E-state index in [0.29, 0.717) is 0 Å². The Labute approximate surface area is 86.9 Å². The Morgan fingerprint density at radius 1 is 1.08 bits per heavy atom. The molecular formula is C8H18Cl2N2. The second kappa shape index (κ2) is 5.28. The Morgan fingerprint density at radius 3 is 2.50 bits per heavy atom. The van der Waals surface area contributed by atoms with Crippen molar-refractivity contribution in [3.8, 4) is 0 Å². The monoisotopic (exact) mass is 212 g/mol. The van der Waals surface area contributed by atoms with Gasteiger partial charge in [0, 0.05) is 18.6 Å². The standard InChI is InChI=1S/C8H16N2.2ClH/c1-10-5-4-7-2-3-8(6-10)9-7;;/h7-9H,2-6H2,1H3;2*1H/t7-,8+;;/m0../s1. The molecule has 2 nitrogen and oxygen atoms in total. The molecule has 0 radical (unpaired) electrons. The predicted octanol–water partition coefficient (Wildman–Crippen LogP) is 1.29. The fourth-order valence-corrected chi connectivity index (χ4v) is 2.12. The van der Waals surface area contributed by atoms with Crippen LogP contribution in [0.2, 0.25) is 0 Å². The molecule has 0 amide bonds. The lowest BCUT2D eigenvalue weighted by atomic mass is 10.1. The first-order chi connectivity index (χ1) is 4.84. The fourth-order valence-electron chi connectivity index (χ4n) is 2.12. The number of likely N-dealkylation sites (tertiary alicyclic amines) is 1. The molecule has 2 atom stereocenters. The molecule has 1 N–H and O–H groups in total. The van der Waals surface area contributed by atoms with E-state index in [9.17, 15) is 0 Å². The van der Waals surface area contributed by atoms with Crippen LogP contribution in [0.1, 0.15) is 19.3 Å². The van der Waals surface area contributed by atoms with Crippen LogP contribution in [-0.4, -0.2) is 37.1 Å². The van der Waals surface area contributed by atoms with Crippen LogP contribution in [0.4, 0.5) is 0 Å². The molecule has 2 bridgehead atoms. The van der Waals surface area contributed by atoms with Crippen LogP contribution in [-0.2, 0) is 0 Å². The highest BCUT2D eigenvalue weighted by atomic mass is 35.5. The highest BCUT2D eigenvalue weighted by Gasteiger charge is 2.27. The molecular weight excluding hydrogens is 195 g/mol. The molecule has 2 aliphatic rings. The van der Waals surface area contributed by atoms with Crippen LogP contribution in [0.15, 0.2) is 0 Å². The molecule has 0 saturated carbocycles. The lowest BCUT2D eigenvalue weighted by molar-refractivity contribution is 0.313. The molecule has 2 aliphatic heterocycles. The Balaban J connectivity index is 0.000000605. The number of hydrogen-bond donors (Lipinski definition) is 1. The molecule has 74 valence electrons. The van der Waals surface area contributed by atoms with Gasteiger partial charge in [0.1, 0.15) is 0 Å². The third-order valence-electron chi connectivity index (χ3n) is 2.73. The third-order valence-corrected chi connectivity index (χ3v) is 2.73. The summed E-state index contributed by atoms with van der Waals surface area (Å²) in [6.45, 7) is 2.55. The molecule has 0 unspecified atom stereocenters. The minimum absolute atomic E-state index is 0. The first-order valence-electron chi connectivity index (χ1n) is 4.29. The van der Waals surface area contributed by atoms with Gasteiger partial charge in [-0.05, 0) is 32.9 Å². The molecule has 2 rings (SSSR count). The van der Waals surface area contributed by atoms with E-state index in [1.807, 2.05) is 0 Å². The van der Waals surface area contributed by atoms with Gasteiger partial charge in [0.15, 0.2) is 0 Å². The van der Waals surface area contributed by atoms with Gasteiger partial charge in [0.05, 0.1) is 0 Å². The van der Waals surface area contributed by atoms with Gasteiger partial charge in [0.25, 0.3) is 0 Å². The second-order valence-corrected chi connectivity index (χ2v) is 3.69. The van der Waals surface area contributed by atoms with Gasteiger partial charge in [0.2, 0.25) is 0 Å². The smallest absolute Gasteiger partial charge is 0.0198 e. The van der Waals surface area contributed by atoms with Crippen molar-refractivity contribution in [2.75, 3.05) is 20.1 Å². The van der Waals surface area contributed by atoms with Gasteiger partial charge >= 0.3 is 0 Å². The Morgan fingerprint density at radius 2 is 1.75 bits per heavy atom. The van der Waals surface area contributed by atoms with E-state index in [4.69, 9.17) is 0 Å². The zero-order valence-corrected chi connectivity index (χ0v) is 9.09. The lowest BCUT2D eigenvalue weighted by Gasteiger charge is -2.17. The van der Waals surface area contributed by atoms with Crippen LogP contribution in [0.3, 0.4) is 0 Å². The minimum Gasteiger partial charge on any atom is -0.310 e. The van der Waals surface area contributed by atoms with Crippen molar-refractivity contribution < 1.29 is 0 Å². The SMILES string of the molecule is CN1CC[C@@H]2CC[C@H](C1)N2.Cl.Cl. The van der Waals surface area contributed by atoms with Gasteiger partial charge in [-0.3, -0.25) is 0 Å². The van der Waals surface area contributed by atoms with E-state index >= 15 is 0 Å². The van der Waals surface area contributed by atoms with Gasteiger partial charge in [-0.15, -0.1) is 24.8 Å². The highest BCUT2D eigenvalue weighted by molar-refractivity contribution is 5.85. The summed E-state index contributed by atoms with van der Waals surface area (Å²) in [7, 11) is 2.22. The largest absolute Gasteiger partial charge is 0.310 e. The van der Waals surface area contributed by atoms with Crippen molar-refractivity contribution in [3.63, 3.8) is 0 Å². The molecule has 2 saturated heterocycles. The molecule has 0 aromatic carbocycles. The van der Waals surface area contributed by atoms with E-state index in [-0.39, 0.29) is 24.8 Å². The van der Waals surface area contributed by atoms with Crippen LogP contribution < -0.4 is 5.32 Å². The molecule has 2 fully saturated rings. The van der Waals surface area contributed by atoms with Crippen molar-refractivity contribution in [1.82, 2.24) is 10.2 Å². The molecule has 0 aromatic heterocycles. The van der Waals surface area contributed by atoms with Gasteiger partial charge in [-0.25, -0.2) is 0 Å². The summed E-state index contributed by atoms with van der Waals surface area (Å²) in [5, 5.41) is 3.64. The van der Waals surface area contributed by atoms with Crippen molar-refractivity contribution >= 4 is 24.8 Å². The minimum atomic E-state index is 0. The zero-order chi connectivity index (χ0) is 6.97. The first kappa shape index (κ1) is 12.5. The maximum absolute atomic E-state index is 3.64. The summed E-state index contributed by atoms with van der Waals surface area (Å²) < 4.78 is 0. The number of rotatable bonds is 0. The Kier molecular flexibility index (Phi) is 5.50. The number of likely N-dealkylation sites (N-methyl/N-ethyl adjacent to an activating group) is 1. The Hall–Kier alpha value is 0.500. The maximum Gasteiger partial charge on any atom is 0.0198 e. The van der Waals surface area contributed by atoms with E-state index in [0.717, 1.165) is 12.1 Å². The predicted molar refractivity (Wildman–Crippen MR) is 56.6 cm³/mol. The van der Waals surface area contributed by atoms with Gasteiger partial charge in [-0.2, -0.15) is 0 Å². The number of halogens is 2. The maximum atomic E-state index is 3.64. The van der Waals surface area contributed by atoms with Crippen LogP contribution in [0.25, 0.3) is 0 Å². The quantitative estimate of drug-likeness (QED) is 0.652. The van der Waals surface area contributed by atoms with Crippen LogP contribution >= 0.6 is 24.8 Å². The summed E-state index contributed by atoms with van der Waals surface area (Å²) in [4.78, 5) is 2.44. The zero-order valence-electron chi connectivity index (χ0n) is 7.45. The number of nitrogens with one attached hydrogen (secondary N) is 1. The molecule has 0 aromatic rings. The van der Waals surface area contributed by atoms with E-state index in [1.54, 1.807) is 0 Å². The number of hydrogen-bond acceptors (Lipinski definition) is 2. The fraction of sp³-hybridized carbons (Fsp3) is 1.00. The second-order valence-electron chi connectivity index (χ2n) is 3.69. The van der Waals surface area contributed by atoms with Crippen LogP contribution in [0.5, 0.6) is 0 Å². The van der Waals surface area contributed by atoms with Gasteiger partial charge in [-0.1, -0.05) is 0 Å². The van der Waals surface area contributed by atoms with Crippen molar-refractivity contribution in [2.24, 2.45) is 0 Å². The number of fused-ring (bicyclic) bond motifs is 2. The first-order valence-corrected chi connectivity index (χ1v) is 4.29. The number of nitrogens with zero attached hydrogens (tertiary/aromatic N) is 1. The lowest BCUT2D eigenvalue weighted by Crippen LogP contribution is -2.33. The Bertz CT molecular complexity index is 132. The van der Waals surface area contributed by atoms with E-state index < -0.39 is 0 Å². The van der Waals surface area contributed by atoms with E-state index in [1.165, 1.54) is 32.4 Å². The summed E-state index contributed by atoms with van der Waals surface area (Å²) in [6, 6.07) is 1.65. The molecule has 2 heterocycles. The topological polar surface area (TPSA) is 15.3 Å². The summed E-state index contributed by atoms with van der Waals surface area (Å²) in [5.74, 6) is 0. The normalized spacial score (nSPS) is 34.8. The highest BCUT2D eigenvalue weighted by Crippen LogP contribution is 2.18. The van der Waals surface area contributed by atoms with Gasteiger partial charge < -0.3 is 10.2 Å². The summed E-state index contributed by atoms with van der Waals surface area (Å²) >= 11 is 0. The van der Waals surface area contributed by atoms with Crippen molar-refractivity contribution in [1.29, 1.82) is 0 Å². The van der Waals surface area contributed by atoms with Crippen LogP contribution in [0, 0.1) is 0 Å². The average Bonchev–Trinajstić information content (AvgIpc) is 2.22.